The molecule has 0 radical (unpaired) electrons. The quantitative estimate of drug-likeness (QED) is 0.756. The average Bonchev–Trinajstić information content (AvgIpc) is 2.84. The molecule has 1 amide bonds. The van der Waals surface area contributed by atoms with Gasteiger partial charge in [-0.2, -0.15) is 4.31 Å². The lowest BCUT2D eigenvalue weighted by Crippen LogP contribution is -2.38. The van der Waals surface area contributed by atoms with Gasteiger partial charge in [0.05, 0.1) is 10.2 Å². The van der Waals surface area contributed by atoms with E-state index in [0.717, 1.165) is 0 Å². The smallest absolute Gasteiger partial charge is 0.407 e. The number of rotatable bonds is 5. The number of amides is 1. The monoisotopic (exact) mass is 449 g/mol. The molecule has 0 aliphatic rings. The molecule has 0 unspecified atom stereocenters. The Labute approximate surface area is 159 Å². The standard InChI is InChI=1S/C15H20BrN3O4S2/c1-15(2,3)23-14(20)17-8-9-19(4)25(21,22)11-7-5-6-10-12(11)24-13(16)18-10/h5-7H,8-9H2,1-4H3,(H,17,20). The number of benzene rings is 1. The van der Waals surface area contributed by atoms with Crippen LogP contribution in [-0.2, 0) is 14.8 Å². The first-order valence-corrected chi connectivity index (χ1v) is 10.5. The fourth-order valence-corrected chi connectivity index (χ4v) is 5.09. The molecule has 2 rings (SSSR count). The number of halogens is 1. The van der Waals surface area contributed by atoms with Crippen molar-refractivity contribution in [1.82, 2.24) is 14.6 Å². The third-order valence-corrected chi connectivity index (χ3v) is 6.72. The van der Waals surface area contributed by atoms with Gasteiger partial charge in [0, 0.05) is 20.1 Å². The number of likely N-dealkylation sites (N-methyl/N-ethyl adjacent to an activating group) is 1. The first-order chi connectivity index (χ1) is 11.5. The van der Waals surface area contributed by atoms with Crippen molar-refractivity contribution in [2.75, 3.05) is 20.1 Å². The number of nitrogens with one attached hydrogen (secondary N) is 1. The minimum Gasteiger partial charge on any atom is -0.444 e. The molecular formula is C15H20BrN3O4S2. The lowest BCUT2D eigenvalue weighted by atomic mass is 10.2. The fourth-order valence-electron chi connectivity index (χ4n) is 2.02. The van der Waals surface area contributed by atoms with Crippen molar-refractivity contribution in [1.29, 1.82) is 0 Å². The first-order valence-electron chi connectivity index (χ1n) is 7.49. The maximum Gasteiger partial charge on any atom is 0.407 e. The normalized spacial score (nSPS) is 12.6. The van der Waals surface area contributed by atoms with Crippen molar-refractivity contribution in [3.63, 3.8) is 0 Å². The van der Waals surface area contributed by atoms with E-state index in [1.165, 1.54) is 22.7 Å². The predicted molar refractivity (Wildman–Crippen MR) is 101 cm³/mol. The summed E-state index contributed by atoms with van der Waals surface area (Å²) in [5.74, 6) is 0. The van der Waals surface area contributed by atoms with Crippen LogP contribution in [0, 0.1) is 0 Å². The zero-order chi connectivity index (χ0) is 18.8. The van der Waals surface area contributed by atoms with E-state index >= 15 is 0 Å². The van der Waals surface area contributed by atoms with E-state index in [-0.39, 0.29) is 18.0 Å². The van der Waals surface area contributed by atoms with Crippen LogP contribution in [-0.4, -0.2) is 49.5 Å². The Bertz CT molecular complexity index is 875. The number of carbonyl (C=O) groups is 1. The molecule has 25 heavy (non-hydrogen) atoms. The number of carbonyl (C=O) groups excluding carboxylic acids is 1. The minimum absolute atomic E-state index is 0.123. The van der Waals surface area contributed by atoms with Crippen LogP contribution in [0.3, 0.4) is 0 Å². The van der Waals surface area contributed by atoms with Crippen LogP contribution in [0.2, 0.25) is 0 Å². The van der Waals surface area contributed by atoms with Crippen LogP contribution in [0.4, 0.5) is 4.79 Å². The number of aromatic nitrogens is 1. The number of ether oxygens (including phenoxy) is 1. The molecule has 2 aromatic rings. The van der Waals surface area contributed by atoms with Crippen LogP contribution in [0.25, 0.3) is 10.2 Å². The summed E-state index contributed by atoms with van der Waals surface area (Å²) < 4.78 is 33.2. The molecule has 0 aliphatic carbocycles. The van der Waals surface area contributed by atoms with Crippen LogP contribution in [0.1, 0.15) is 20.8 Å². The SMILES string of the molecule is CN(CCNC(=O)OC(C)(C)C)S(=O)(=O)c1cccc2nc(Br)sc12. The van der Waals surface area contributed by atoms with Gasteiger partial charge >= 0.3 is 6.09 Å². The molecule has 1 aromatic carbocycles. The van der Waals surface area contributed by atoms with Crippen molar-refractivity contribution in [3.8, 4) is 0 Å². The van der Waals surface area contributed by atoms with Crippen molar-refractivity contribution in [2.24, 2.45) is 0 Å². The molecule has 1 aromatic heterocycles. The van der Waals surface area contributed by atoms with E-state index in [0.29, 0.717) is 14.1 Å². The van der Waals surface area contributed by atoms with Crippen molar-refractivity contribution in [3.05, 3.63) is 22.1 Å². The Hall–Kier alpha value is -1.23. The van der Waals surface area contributed by atoms with Gasteiger partial charge in [-0.1, -0.05) is 6.07 Å². The van der Waals surface area contributed by atoms with E-state index in [2.05, 4.69) is 26.2 Å². The molecule has 0 bridgehead atoms. The molecule has 1 heterocycles. The largest absolute Gasteiger partial charge is 0.444 e. The molecule has 138 valence electrons. The molecule has 1 N–H and O–H groups in total. The highest BCUT2D eigenvalue weighted by atomic mass is 79.9. The topological polar surface area (TPSA) is 88.6 Å². The number of nitrogens with zero attached hydrogens (tertiary/aromatic N) is 2. The molecule has 0 fully saturated rings. The Morgan fingerprint density at radius 2 is 2.08 bits per heavy atom. The van der Waals surface area contributed by atoms with Crippen LogP contribution >= 0.6 is 27.3 Å². The number of hydrogen-bond acceptors (Lipinski definition) is 6. The summed E-state index contributed by atoms with van der Waals surface area (Å²) in [5, 5.41) is 2.55. The number of alkyl carbamates (subject to hydrolysis) is 1. The van der Waals surface area contributed by atoms with E-state index in [9.17, 15) is 13.2 Å². The van der Waals surface area contributed by atoms with E-state index in [4.69, 9.17) is 4.74 Å². The Kier molecular flexibility index (Phi) is 6.08. The Morgan fingerprint density at radius 3 is 2.72 bits per heavy atom. The Balaban J connectivity index is 2.07. The van der Waals surface area contributed by atoms with Gasteiger partial charge in [-0.3, -0.25) is 0 Å². The van der Waals surface area contributed by atoms with Crippen molar-refractivity contribution in [2.45, 2.75) is 31.3 Å². The van der Waals surface area contributed by atoms with Gasteiger partial charge in [0.25, 0.3) is 0 Å². The number of thiazole rings is 1. The van der Waals surface area contributed by atoms with E-state index in [1.807, 2.05) is 0 Å². The van der Waals surface area contributed by atoms with Crippen molar-refractivity contribution < 1.29 is 17.9 Å². The summed E-state index contributed by atoms with van der Waals surface area (Å²) in [6, 6.07) is 4.98. The number of sulfonamides is 1. The van der Waals surface area contributed by atoms with Crippen LogP contribution < -0.4 is 5.32 Å². The molecule has 0 saturated heterocycles. The van der Waals surface area contributed by atoms with Crippen LogP contribution in [0.5, 0.6) is 0 Å². The molecule has 0 aliphatic heterocycles. The summed E-state index contributed by atoms with van der Waals surface area (Å²) in [6.45, 7) is 5.55. The van der Waals surface area contributed by atoms with Gasteiger partial charge in [0.15, 0.2) is 3.92 Å². The maximum absolute atomic E-state index is 12.8. The summed E-state index contributed by atoms with van der Waals surface area (Å²) >= 11 is 4.55. The lowest BCUT2D eigenvalue weighted by Gasteiger charge is -2.21. The van der Waals surface area contributed by atoms with Gasteiger partial charge in [-0.25, -0.2) is 18.2 Å². The first kappa shape index (κ1) is 20.1. The highest BCUT2D eigenvalue weighted by Gasteiger charge is 2.24. The van der Waals surface area contributed by atoms with Gasteiger partial charge in [-0.15, -0.1) is 11.3 Å². The van der Waals surface area contributed by atoms with Crippen LogP contribution in [0.15, 0.2) is 27.0 Å². The highest BCUT2D eigenvalue weighted by Crippen LogP contribution is 2.32. The molecule has 0 saturated carbocycles. The second-order valence-corrected chi connectivity index (χ2v) is 10.6. The van der Waals surface area contributed by atoms with Gasteiger partial charge in [-0.05, 0) is 48.8 Å². The molecular weight excluding hydrogens is 430 g/mol. The number of hydrogen-bond donors (Lipinski definition) is 1. The van der Waals surface area contributed by atoms with Gasteiger partial charge in [0.2, 0.25) is 10.0 Å². The fraction of sp³-hybridized carbons (Fsp3) is 0.467. The molecule has 7 nitrogen and oxygen atoms in total. The zero-order valence-corrected chi connectivity index (χ0v) is 17.6. The maximum atomic E-state index is 12.8. The highest BCUT2D eigenvalue weighted by molar-refractivity contribution is 9.11. The minimum atomic E-state index is -3.69. The van der Waals surface area contributed by atoms with E-state index < -0.39 is 21.7 Å². The second-order valence-electron chi connectivity index (χ2n) is 6.33. The van der Waals surface area contributed by atoms with Crippen molar-refractivity contribution >= 4 is 53.6 Å². The molecule has 0 atom stereocenters. The van der Waals surface area contributed by atoms with Gasteiger partial charge < -0.3 is 10.1 Å². The third-order valence-electron chi connectivity index (χ3n) is 3.14. The third kappa shape index (κ3) is 5.13. The van der Waals surface area contributed by atoms with Gasteiger partial charge in [0.1, 0.15) is 10.5 Å². The summed E-state index contributed by atoms with van der Waals surface area (Å²) in [7, 11) is -2.22. The number of fused-ring (bicyclic) bond motifs is 1. The Morgan fingerprint density at radius 1 is 1.40 bits per heavy atom. The molecule has 10 heteroatoms. The summed E-state index contributed by atoms with van der Waals surface area (Å²) in [4.78, 5) is 16.1. The van der Waals surface area contributed by atoms with E-state index in [1.54, 1.807) is 39.0 Å². The average molecular weight is 450 g/mol. The zero-order valence-electron chi connectivity index (χ0n) is 14.4. The second kappa shape index (κ2) is 7.56. The molecule has 0 spiro atoms. The summed E-state index contributed by atoms with van der Waals surface area (Å²) in [6.07, 6.45) is -0.577. The lowest BCUT2D eigenvalue weighted by molar-refractivity contribution is 0.0526. The summed E-state index contributed by atoms with van der Waals surface area (Å²) in [5.41, 5.74) is 0.0234. The predicted octanol–water partition coefficient (Wildman–Crippen LogP) is 3.20.